The number of anilines is 1. The molecule has 3 rings (SSSR count). The maximum Gasteiger partial charge on any atom is 0.251 e. The molecule has 27 heavy (non-hydrogen) atoms. The van der Waals surface area contributed by atoms with Crippen molar-refractivity contribution in [1.82, 2.24) is 25.5 Å². The number of amides is 1. The Balaban J connectivity index is 1.52. The van der Waals surface area contributed by atoms with Gasteiger partial charge in [-0.1, -0.05) is 12.1 Å². The van der Waals surface area contributed by atoms with E-state index in [1.165, 1.54) is 0 Å². The van der Waals surface area contributed by atoms with Gasteiger partial charge in [-0.05, 0) is 23.8 Å². The van der Waals surface area contributed by atoms with E-state index in [1.807, 2.05) is 30.3 Å². The summed E-state index contributed by atoms with van der Waals surface area (Å²) in [6.45, 7) is 4.07. The minimum Gasteiger partial charge on any atom is -0.355 e. The van der Waals surface area contributed by atoms with E-state index in [1.54, 1.807) is 26.5 Å². The summed E-state index contributed by atoms with van der Waals surface area (Å²) >= 11 is 0. The number of rotatable bonds is 4. The molecule has 2 heterocycles. The average molecular weight is 367 g/mol. The van der Waals surface area contributed by atoms with Crippen LogP contribution in [-0.2, 0) is 6.54 Å². The number of carbonyl (C=O) groups excluding carboxylic acids is 1. The van der Waals surface area contributed by atoms with Gasteiger partial charge in [0.2, 0.25) is 5.95 Å². The van der Waals surface area contributed by atoms with E-state index in [0.717, 1.165) is 43.7 Å². The molecule has 1 aliphatic rings. The number of hydrogen-bond acceptors (Lipinski definition) is 5. The van der Waals surface area contributed by atoms with Crippen molar-refractivity contribution < 1.29 is 4.79 Å². The summed E-state index contributed by atoms with van der Waals surface area (Å²) in [6, 6.07) is 9.40. The van der Waals surface area contributed by atoms with Crippen LogP contribution in [0.1, 0.15) is 15.9 Å². The minimum absolute atomic E-state index is 0.0782. The molecule has 0 radical (unpaired) electrons. The first-order valence-electron chi connectivity index (χ1n) is 9.00. The maximum atomic E-state index is 11.6. The number of nitrogens with zero attached hydrogens (tertiary/aromatic N) is 5. The lowest BCUT2D eigenvalue weighted by Gasteiger charge is -2.36. The molecule has 8 nitrogen and oxygen atoms in total. The lowest BCUT2D eigenvalue weighted by atomic mass is 10.1. The fourth-order valence-corrected chi connectivity index (χ4v) is 3.00. The molecule has 8 heteroatoms. The Bertz CT molecular complexity index is 768. The van der Waals surface area contributed by atoms with Crippen molar-refractivity contribution in [3.05, 3.63) is 53.9 Å². The normalized spacial score (nSPS) is 14.8. The van der Waals surface area contributed by atoms with Crippen LogP contribution >= 0.6 is 0 Å². The molecule has 0 saturated carbocycles. The summed E-state index contributed by atoms with van der Waals surface area (Å²) in [6.07, 6.45) is 3.54. The minimum atomic E-state index is -0.0782. The van der Waals surface area contributed by atoms with Crippen LogP contribution in [0, 0.1) is 0 Å². The van der Waals surface area contributed by atoms with Gasteiger partial charge in [0.15, 0.2) is 5.96 Å². The zero-order chi connectivity index (χ0) is 19.1. The molecule has 1 aromatic carbocycles. The van der Waals surface area contributed by atoms with E-state index < -0.39 is 0 Å². The van der Waals surface area contributed by atoms with Gasteiger partial charge in [-0.15, -0.1) is 0 Å². The van der Waals surface area contributed by atoms with E-state index in [9.17, 15) is 4.79 Å². The summed E-state index contributed by atoms with van der Waals surface area (Å²) in [4.78, 5) is 29.1. The highest BCUT2D eigenvalue weighted by Gasteiger charge is 2.20. The first-order chi connectivity index (χ1) is 13.2. The van der Waals surface area contributed by atoms with Gasteiger partial charge in [0.25, 0.3) is 5.91 Å². The van der Waals surface area contributed by atoms with Crippen molar-refractivity contribution in [2.24, 2.45) is 4.99 Å². The Morgan fingerprint density at radius 3 is 2.37 bits per heavy atom. The summed E-state index contributed by atoms with van der Waals surface area (Å²) < 4.78 is 0. The number of aliphatic imine (C=N–C) groups is 1. The third kappa shape index (κ3) is 4.72. The first kappa shape index (κ1) is 18.6. The molecule has 0 spiro atoms. The molecule has 2 aromatic rings. The van der Waals surface area contributed by atoms with Crippen molar-refractivity contribution in [1.29, 1.82) is 0 Å². The molecule has 0 atom stereocenters. The lowest BCUT2D eigenvalue weighted by molar-refractivity contribution is 0.0963. The second-order valence-electron chi connectivity index (χ2n) is 6.20. The zero-order valence-corrected chi connectivity index (χ0v) is 15.7. The number of piperazine rings is 1. The summed E-state index contributed by atoms with van der Waals surface area (Å²) in [5, 5.41) is 6.02. The standard InChI is InChI=1S/C19H25N7O/c1-20-17(27)16-6-4-15(5-7-16)14-24-18(21-2)25-10-12-26(13-11-25)19-22-8-3-9-23-19/h3-9H,10-14H2,1-2H3,(H,20,27)(H,21,24). The second-order valence-corrected chi connectivity index (χ2v) is 6.20. The van der Waals surface area contributed by atoms with Crippen LogP contribution in [0.3, 0.4) is 0 Å². The van der Waals surface area contributed by atoms with E-state index >= 15 is 0 Å². The lowest BCUT2D eigenvalue weighted by Crippen LogP contribution is -2.52. The van der Waals surface area contributed by atoms with Crippen molar-refractivity contribution in [2.45, 2.75) is 6.54 Å². The van der Waals surface area contributed by atoms with E-state index in [0.29, 0.717) is 12.1 Å². The van der Waals surface area contributed by atoms with E-state index in [4.69, 9.17) is 0 Å². The molecule has 1 fully saturated rings. The van der Waals surface area contributed by atoms with Crippen molar-refractivity contribution in [3.63, 3.8) is 0 Å². The molecule has 0 bridgehead atoms. The molecule has 142 valence electrons. The highest BCUT2D eigenvalue weighted by molar-refractivity contribution is 5.93. The van der Waals surface area contributed by atoms with Gasteiger partial charge in [0, 0.05) is 64.8 Å². The topological polar surface area (TPSA) is 85.8 Å². The Hall–Kier alpha value is -3.16. The summed E-state index contributed by atoms with van der Waals surface area (Å²) in [5.41, 5.74) is 1.75. The highest BCUT2D eigenvalue weighted by atomic mass is 16.1. The Kier molecular flexibility index (Phi) is 6.19. The van der Waals surface area contributed by atoms with Gasteiger partial charge in [-0.3, -0.25) is 9.79 Å². The fraction of sp³-hybridized carbons (Fsp3) is 0.368. The SMILES string of the molecule is CN=C(NCc1ccc(C(=O)NC)cc1)N1CCN(c2ncccn2)CC1. The average Bonchev–Trinajstić information content (AvgIpc) is 2.75. The molecule has 1 saturated heterocycles. The molecule has 1 aromatic heterocycles. The van der Waals surface area contributed by atoms with Gasteiger partial charge in [-0.25, -0.2) is 9.97 Å². The highest BCUT2D eigenvalue weighted by Crippen LogP contribution is 2.10. The molecule has 2 N–H and O–H groups in total. The number of nitrogens with one attached hydrogen (secondary N) is 2. The zero-order valence-electron chi connectivity index (χ0n) is 15.7. The van der Waals surface area contributed by atoms with Gasteiger partial charge >= 0.3 is 0 Å². The quantitative estimate of drug-likeness (QED) is 0.612. The molecular weight excluding hydrogens is 342 g/mol. The van der Waals surface area contributed by atoms with Crippen molar-refractivity contribution in [3.8, 4) is 0 Å². The predicted molar refractivity (Wildman–Crippen MR) is 106 cm³/mol. The number of benzene rings is 1. The Morgan fingerprint density at radius 1 is 1.11 bits per heavy atom. The van der Waals surface area contributed by atoms with E-state index in [2.05, 4.69) is 35.4 Å². The fourth-order valence-electron chi connectivity index (χ4n) is 3.00. The molecule has 1 amide bonds. The van der Waals surface area contributed by atoms with Gasteiger partial charge < -0.3 is 20.4 Å². The van der Waals surface area contributed by atoms with Crippen LogP contribution in [0.5, 0.6) is 0 Å². The maximum absolute atomic E-state index is 11.6. The first-order valence-corrected chi connectivity index (χ1v) is 9.00. The number of hydrogen-bond donors (Lipinski definition) is 2. The summed E-state index contributed by atoms with van der Waals surface area (Å²) in [5.74, 6) is 1.57. The number of aromatic nitrogens is 2. The monoisotopic (exact) mass is 367 g/mol. The predicted octanol–water partition coefficient (Wildman–Crippen LogP) is 0.734. The van der Waals surface area contributed by atoms with Crippen LogP contribution in [0.15, 0.2) is 47.7 Å². The molecule has 1 aliphatic heterocycles. The van der Waals surface area contributed by atoms with Crippen LogP contribution < -0.4 is 15.5 Å². The smallest absolute Gasteiger partial charge is 0.251 e. The van der Waals surface area contributed by atoms with Crippen LogP contribution in [-0.4, -0.2) is 67.0 Å². The van der Waals surface area contributed by atoms with E-state index in [-0.39, 0.29) is 5.91 Å². The third-order valence-corrected chi connectivity index (χ3v) is 4.52. The van der Waals surface area contributed by atoms with Crippen molar-refractivity contribution in [2.75, 3.05) is 45.2 Å². The molecular formula is C19H25N7O. The third-order valence-electron chi connectivity index (χ3n) is 4.52. The van der Waals surface area contributed by atoms with Crippen LogP contribution in [0.25, 0.3) is 0 Å². The molecule has 0 aliphatic carbocycles. The largest absolute Gasteiger partial charge is 0.355 e. The number of carbonyl (C=O) groups is 1. The van der Waals surface area contributed by atoms with Gasteiger partial charge in [-0.2, -0.15) is 0 Å². The Morgan fingerprint density at radius 2 is 1.78 bits per heavy atom. The molecule has 0 unspecified atom stereocenters. The second kappa shape index (κ2) is 8.98. The van der Waals surface area contributed by atoms with Gasteiger partial charge in [0.1, 0.15) is 0 Å². The Labute approximate surface area is 159 Å². The number of guanidine groups is 1. The summed E-state index contributed by atoms with van der Waals surface area (Å²) in [7, 11) is 3.43. The van der Waals surface area contributed by atoms with Crippen LogP contribution in [0.2, 0.25) is 0 Å². The van der Waals surface area contributed by atoms with Gasteiger partial charge in [0.05, 0.1) is 0 Å². The van der Waals surface area contributed by atoms with Crippen LogP contribution in [0.4, 0.5) is 5.95 Å². The van der Waals surface area contributed by atoms with Crippen molar-refractivity contribution >= 4 is 17.8 Å².